The maximum absolute atomic E-state index is 10.3. The van der Waals surface area contributed by atoms with Crippen LogP contribution < -0.4 is 0 Å². The minimum Gasteiger partial charge on any atom is -0.506 e. The quantitative estimate of drug-likeness (QED) is 0.347. The molecule has 0 saturated carbocycles. The molecular weight excluding hydrogens is 372 g/mol. The highest BCUT2D eigenvalue weighted by Gasteiger charge is 2.08. The van der Waals surface area contributed by atoms with Crippen molar-refractivity contribution in [3.8, 4) is 5.75 Å². The summed E-state index contributed by atoms with van der Waals surface area (Å²) in [7, 11) is 0. The average Bonchev–Trinajstić information content (AvgIpc) is 2.75. The van der Waals surface area contributed by atoms with Crippen molar-refractivity contribution < 1.29 is 5.11 Å². The van der Waals surface area contributed by atoms with Crippen molar-refractivity contribution >= 4 is 33.5 Å². The molecule has 0 fully saturated rings. The van der Waals surface area contributed by atoms with Gasteiger partial charge in [0, 0.05) is 5.39 Å². The molecule has 4 rings (SSSR count). The fraction of sp³-hybridized carbons (Fsp3) is 0.120. The van der Waals surface area contributed by atoms with Gasteiger partial charge in [-0.05, 0) is 67.1 Å². The highest BCUT2D eigenvalue weighted by molar-refractivity contribution is 5.95. The summed E-state index contributed by atoms with van der Waals surface area (Å²) in [6, 6.07) is 23.1. The number of phenolic OH excluding ortho intramolecular Hbond substituents is 1. The van der Waals surface area contributed by atoms with Gasteiger partial charge in [0.05, 0.1) is 17.1 Å². The van der Waals surface area contributed by atoms with Crippen molar-refractivity contribution in [1.29, 1.82) is 0 Å². The highest BCUT2D eigenvalue weighted by atomic mass is 16.3. The lowest BCUT2D eigenvalue weighted by molar-refractivity contribution is 0.477. The van der Waals surface area contributed by atoms with E-state index in [9.17, 15) is 5.11 Å². The van der Waals surface area contributed by atoms with Crippen molar-refractivity contribution in [3.05, 3.63) is 89.5 Å². The van der Waals surface area contributed by atoms with Gasteiger partial charge in [0.2, 0.25) is 0 Å². The number of rotatable bonds is 4. The second-order valence-corrected chi connectivity index (χ2v) is 7.27. The lowest BCUT2D eigenvalue weighted by Crippen LogP contribution is -1.80. The second kappa shape index (κ2) is 8.25. The molecule has 0 saturated heterocycles. The van der Waals surface area contributed by atoms with E-state index in [0.29, 0.717) is 5.69 Å². The van der Waals surface area contributed by atoms with Crippen LogP contribution in [0.25, 0.3) is 10.8 Å². The number of benzene rings is 4. The summed E-state index contributed by atoms with van der Waals surface area (Å²) >= 11 is 0. The van der Waals surface area contributed by atoms with Crippen LogP contribution in [0.1, 0.15) is 16.7 Å². The molecule has 0 bridgehead atoms. The Kier molecular flexibility index (Phi) is 5.35. The van der Waals surface area contributed by atoms with Crippen LogP contribution in [0.15, 0.2) is 93.3 Å². The van der Waals surface area contributed by atoms with Crippen LogP contribution in [-0.4, -0.2) is 5.11 Å². The van der Waals surface area contributed by atoms with Gasteiger partial charge in [0.15, 0.2) is 0 Å². The molecule has 148 valence electrons. The number of azo groups is 2. The van der Waals surface area contributed by atoms with E-state index >= 15 is 0 Å². The third kappa shape index (κ3) is 3.96. The van der Waals surface area contributed by atoms with Crippen molar-refractivity contribution in [2.45, 2.75) is 20.8 Å². The minimum atomic E-state index is 0.107. The molecule has 0 spiro atoms. The number of nitrogens with zero attached hydrogens (tertiary/aromatic N) is 4. The average molecular weight is 394 g/mol. The Bertz CT molecular complexity index is 1290. The molecule has 0 heterocycles. The van der Waals surface area contributed by atoms with Crippen LogP contribution >= 0.6 is 0 Å². The SMILES string of the molecule is Cc1ccccc1N=Nc1cc(C)c(N=Nc2c(O)ccc3ccccc23)cc1C. The third-order valence-electron chi connectivity index (χ3n) is 5.03. The molecule has 0 unspecified atom stereocenters. The van der Waals surface area contributed by atoms with Gasteiger partial charge in [-0.1, -0.05) is 48.5 Å². The summed E-state index contributed by atoms with van der Waals surface area (Å²) in [6.45, 7) is 5.95. The van der Waals surface area contributed by atoms with E-state index in [2.05, 4.69) is 20.5 Å². The molecule has 0 radical (unpaired) electrons. The van der Waals surface area contributed by atoms with Crippen molar-refractivity contribution in [1.82, 2.24) is 0 Å². The van der Waals surface area contributed by atoms with Gasteiger partial charge < -0.3 is 5.11 Å². The van der Waals surface area contributed by atoms with Gasteiger partial charge in [-0.25, -0.2) is 0 Å². The summed E-state index contributed by atoms with van der Waals surface area (Å²) in [6.07, 6.45) is 0. The van der Waals surface area contributed by atoms with E-state index in [1.807, 2.05) is 87.5 Å². The Balaban J connectivity index is 1.66. The molecule has 0 atom stereocenters. The highest BCUT2D eigenvalue weighted by Crippen LogP contribution is 2.37. The Hall–Kier alpha value is -3.86. The van der Waals surface area contributed by atoms with Crippen LogP contribution in [0, 0.1) is 20.8 Å². The molecule has 0 aromatic heterocycles. The number of aromatic hydroxyl groups is 1. The first-order valence-electron chi connectivity index (χ1n) is 9.74. The summed E-state index contributed by atoms with van der Waals surface area (Å²) in [5, 5.41) is 29.7. The van der Waals surface area contributed by atoms with Crippen molar-refractivity contribution in [2.75, 3.05) is 0 Å². The largest absolute Gasteiger partial charge is 0.506 e. The van der Waals surface area contributed by atoms with E-state index in [-0.39, 0.29) is 5.75 Å². The lowest BCUT2D eigenvalue weighted by Gasteiger charge is -2.06. The third-order valence-corrected chi connectivity index (χ3v) is 5.03. The summed E-state index contributed by atoms with van der Waals surface area (Å²) in [5.41, 5.74) is 5.81. The molecule has 4 aromatic rings. The van der Waals surface area contributed by atoms with E-state index in [1.54, 1.807) is 6.07 Å². The van der Waals surface area contributed by atoms with Crippen LogP contribution in [-0.2, 0) is 0 Å². The van der Waals surface area contributed by atoms with Crippen LogP contribution in [0.3, 0.4) is 0 Å². The van der Waals surface area contributed by atoms with Gasteiger partial charge in [-0.15, -0.1) is 5.11 Å². The predicted octanol–water partition coefficient (Wildman–Crippen LogP) is 8.30. The first-order valence-corrected chi connectivity index (χ1v) is 9.74. The van der Waals surface area contributed by atoms with E-state index in [1.165, 1.54) is 0 Å². The number of hydrogen-bond donors (Lipinski definition) is 1. The van der Waals surface area contributed by atoms with E-state index in [0.717, 1.165) is 44.5 Å². The first kappa shape index (κ1) is 19.5. The van der Waals surface area contributed by atoms with Crippen LogP contribution in [0.4, 0.5) is 22.7 Å². The zero-order chi connectivity index (χ0) is 21.1. The van der Waals surface area contributed by atoms with Crippen molar-refractivity contribution in [2.24, 2.45) is 20.5 Å². The zero-order valence-electron chi connectivity index (χ0n) is 17.2. The predicted molar refractivity (Wildman–Crippen MR) is 121 cm³/mol. The maximum Gasteiger partial charge on any atom is 0.143 e. The molecule has 5 heteroatoms. The van der Waals surface area contributed by atoms with Gasteiger partial charge in [-0.3, -0.25) is 0 Å². The molecule has 1 N–H and O–H groups in total. The monoisotopic (exact) mass is 394 g/mol. The van der Waals surface area contributed by atoms with Crippen molar-refractivity contribution in [3.63, 3.8) is 0 Å². The molecule has 0 aliphatic heterocycles. The number of hydrogen-bond acceptors (Lipinski definition) is 5. The van der Waals surface area contributed by atoms with Gasteiger partial charge in [-0.2, -0.15) is 15.3 Å². The molecule has 5 nitrogen and oxygen atoms in total. The fourth-order valence-corrected chi connectivity index (χ4v) is 3.24. The van der Waals surface area contributed by atoms with Gasteiger partial charge in [0.25, 0.3) is 0 Å². The molecule has 4 aromatic carbocycles. The number of aryl methyl sites for hydroxylation is 3. The smallest absolute Gasteiger partial charge is 0.143 e. The second-order valence-electron chi connectivity index (χ2n) is 7.27. The normalized spacial score (nSPS) is 11.7. The molecule has 0 aliphatic carbocycles. The maximum atomic E-state index is 10.3. The minimum absolute atomic E-state index is 0.107. The number of fused-ring (bicyclic) bond motifs is 1. The van der Waals surface area contributed by atoms with E-state index < -0.39 is 0 Å². The first-order chi connectivity index (χ1) is 14.5. The molecule has 0 aliphatic rings. The molecular formula is C25H22N4O. The Labute approximate surface area is 175 Å². The lowest BCUT2D eigenvalue weighted by atomic mass is 10.1. The topological polar surface area (TPSA) is 69.7 Å². The molecule has 30 heavy (non-hydrogen) atoms. The van der Waals surface area contributed by atoms with Crippen LogP contribution in [0.5, 0.6) is 5.75 Å². The van der Waals surface area contributed by atoms with Crippen LogP contribution in [0.2, 0.25) is 0 Å². The Morgan fingerprint density at radius 1 is 0.567 bits per heavy atom. The summed E-state index contributed by atoms with van der Waals surface area (Å²) in [4.78, 5) is 0. The number of phenols is 1. The standard InChI is InChI=1S/C25H22N4O/c1-16-8-4-7-11-21(16)26-27-22-14-18(3)23(15-17(22)2)28-29-25-20-10-6-5-9-19(20)12-13-24(25)30/h4-15,30H,1-3H3. The van der Waals surface area contributed by atoms with Gasteiger partial charge >= 0.3 is 0 Å². The fourth-order valence-electron chi connectivity index (χ4n) is 3.24. The Morgan fingerprint density at radius 2 is 1.17 bits per heavy atom. The Morgan fingerprint density at radius 3 is 1.90 bits per heavy atom. The summed E-state index contributed by atoms with van der Waals surface area (Å²) in [5.74, 6) is 0.107. The zero-order valence-corrected chi connectivity index (χ0v) is 17.2. The van der Waals surface area contributed by atoms with E-state index in [4.69, 9.17) is 0 Å². The van der Waals surface area contributed by atoms with Gasteiger partial charge in [0.1, 0.15) is 11.4 Å². The molecule has 0 amide bonds. The summed E-state index contributed by atoms with van der Waals surface area (Å²) < 4.78 is 0.